The number of H-pyrrole nitrogens is 1. The van der Waals surface area contributed by atoms with Crippen molar-refractivity contribution in [3.63, 3.8) is 0 Å². The third kappa shape index (κ3) is 3.94. The van der Waals surface area contributed by atoms with Crippen LogP contribution in [0.25, 0.3) is 22.2 Å². The maximum Gasteiger partial charge on any atom is 0.251 e. The van der Waals surface area contributed by atoms with Crippen molar-refractivity contribution in [3.05, 3.63) is 53.9 Å². The summed E-state index contributed by atoms with van der Waals surface area (Å²) < 4.78 is 0. The molecule has 1 aliphatic carbocycles. The molecule has 30 heavy (non-hydrogen) atoms. The minimum Gasteiger partial charge on any atom is -0.390 e. The molecular weight excluding hydrogens is 376 g/mol. The zero-order valence-corrected chi connectivity index (χ0v) is 17.3. The number of amides is 1. The van der Waals surface area contributed by atoms with Gasteiger partial charge in [-0.2, -0.15) is 5.26 Å². The molecule has 2 aromatic heterocycles. The highest BCUT2D eigenvalue weighted by molar-refractivity contribution is 5.97. The van der Waals surface area contributed by atoms with Gasteiger partial charge < -0.3 is 15.4 Å². The molecule has 0 aliphatic heterocycles. The van der Waals surface area contributed by atoms with Crippen molar-refractivity contribution in [2.24, 2.45) is 5.92 Å². The molecule has 4 rings (SSSR count). The number of pyridine rings is 1. The fourth-order valence-electron chi connectivity index (χ4n) is 4.36. The number of aromatic nitrogens is 2. The lowest BCUT2D eigenvalue weighted by atomic mass is 9.77. The van der Waals surface area contributed by atoms with Crippen LogP contribution in [0.3, 0.4) is 0 Å². The fourth-order valence-corrected chi connectivity index (χ4v) is 4.36. The number of hydrogen-bond donors (Lipinski definition) is 3. The second-order valence-electron chi connectivity index (χ2n) is 8.65. The zero-order valence-electron chi connectivity index (χ0n) is 17.3. The fraction of sp³-hybridized carbons (Fsp3) is 0.375. The van der Waals surface area contributed by atoms with Crippen molar-refractivity contribution in [2.75, 3.05) is 0 Å². The summed E-state index contributed by atoms with van der Waals surface area (Å²) in [5, 5.41) is 23.4. The van der Waals surface area contributed by atoms with Gasteiger partial charge in [-0.15, -0.1) is 0 Å². The molecule has 1 aromatic carbocycles. The first-order valence-corrected chi connectivity index (χ1v) is 10.4. The number of nitrogens with one attached hydrogen (secondary N) is 2. The van der Waals surface area contributed by atoms with E-state index >= 15 is 0 Å². The van der Waals surface area contributed by atoms with Crippen molar-refractivity contribution in [1.82, 2.24) is 15.3 Å². The summed E-state index contributed by atoms with van der Waals surface area (Å²) in [7, 11) is 0. The van der Waals surface area contributed by atoms with Gasteiger partial charge in [0, 0.05) is 34.9 Å². The van der Waals surface area contributed by atoms with Crippen LogP contribution in [0.2, 0.25) is 0 Å². The van der Waals surface area contributed by atoms with Crippen LogP contribution in [-0.4, -0.2) is 32.6 Å². The third-order valence-corrected chi connectivity index (χ3v) is 6.20. The predicted molar refractivity (Wildman–Crippen MR) is 116 cm³/mol. The molecule has 0 bridgehead atoms. The molecule has 1 aliphatic rings. The lowest BCUT2D eigenvalue weighted by Crippen LogP contribution is -2.41. The Kier molecular flexibility index (Phi) is 5.31. The molecule has 0 unspecified atom stereocenters. The van der Waals surface area contributed by atoms with Gasteiger partial charge in [0.15, 0.2) is 0 Å². The van der Waals surface area contributed by atoms with E-state index in [1.165, 1.54) is 0 Å². The molecule has 1 saturated carbocycles. The predicted octanol–water partition coefficient (Wildman–Crippen LogP) is 4.16. The molecule has 6 heteroatoms. The van der Waals surface area contributed by atoms with Crippen LogP contribution in [0.15, 0.2) is 42.7 Å². The second kappa shape index (κ2) is 7.92. The Hall–Kier alpha value is -3.17. The molecule has 154 valence electrons. The van der Waals surface area contributed by atoms with E-state index in [2.05, 4.69) is 21.4 Å². The minimum absolute atomic E-state index is 0.0761. The highest BCUT2D eigenvalue weighted by atomic mass is 16.3. The molecule has 0 saturated heterocycles. The monoisotopic (exact) mass is 402 g/mol. The van der Waals surface area contributed by atoms with Gasteiger partial charge in [0.2, 0.25) is 0 Å². The van der Waals surface area contributed by atoms with Crippen LogP contribution in [-0.2, 0) is 0 Å². The summed E-state index contributed by atoms with van der Waals surface area (Å²) in [6.45, 7) is 3.73. The summed E-state index contributed by atoms with van der Waals surface area (Å²) in [5.74, 6) is 0.211. The number of aromatic amines is 1. The van der Waals surface area contributed by atoms with Gasteiger partial charge >= 0.3 is 0 Å². The molecule has 3 N–H and O–H groups in total. The van der Waals surface area contributed by atoms with Crippen molar-refractivity contribution in [2.45, 2.75) is 51.2 Å². The summed E-state index contributed by atoms with van der Waals surface area (Å²) in [6.07, 6.45) is 6.98. The van der Waals surface area contributed by atoms with Crippen molar-refractivity contribution in [1.29, 1.82) is 5.26 Å². The van der Waals surface area contributed by atoms with Gasteiger partial charge in [-0.25, -0.2) is 0 Å². The van der Waals surface area contributed by atoms with Gasteiger partial charge in [0.1, 0.15) is 6.07 Å². The Morgan fingerprint density at radius 1 is 1.20 bits per heavy atom. The Labute approximate surface area is 176 Å². The lowest BCUT2D eigenvalue weighted by Gasteiger charge is -2.36. The first-order valence-electron chi connectivity index (χ1n) is 10.4. The van der Waals surface area contributed by atoms with Crippen LogP contribution >= 0.6 is 0 Å². The maximum absolute atomic E-state index is 12.7. The maximum atomic E-state index is 12.7. The van der Waals surface area contributed by atoms with Crippen LogP contribution in [0.4, 0.5) is 0 Å². The number of fused-ring (bicyclic) bond motifs is 1. The molecule has 0 atom stereocenters. The van der Waals surface area contributed by atoms with Gasteiger partial charge in [0.05, 0.1) is 22.4 Å². The summed E-state index contributed by atoms with van der Waals surface area (Å²) in [6, 6.07) is 11.6. The Morgan fingerprint density at radius 3 is 2.53 bits per heavy atom. The first kappa shape index (κ1) is 20.1. The quantitative estimate of drug-likeness (QED) is 0.610. The van der Waals surface area contributed by atoms with E-state index in [1.54, 1.807) is 12.4 Å². The lowest BCUT2D eigenvalue weighted by molar-refractivity contribution is -0.00257. The van der Waals surface area contributed by atoms with Crippen LogP contribution in [0.1, 0.15) is 55.5 Å². The van der Waals surface area contributed by atoms with E-state index in [1.807, 2.05) is 44.2 Å². The van der Waals surface area contributed by atoms with Crippen LogP contribution in [0, 0.1) is 17.2 Å². The van der Waals surface area contributed by atoms with E-state index < -0.39 is 5.60 Å². The van der Waals surface area contributed by atoms with Crippen LogP contribution in [0.5, 0.6) is 0 Å². The Balaban J connectivity index is 1.45. The van der Waals surface area contributed by atoms with Gasteiger partial charge in [-0.1, -0.05) is 12.1 Å². The van der Waals surface area contributed by atoms with Crippen molar-refractivity contribution < 1.29 is 9.90 Å². The van der Waals surface area contributed by atoms with E-state index in [0.29, 0.717) is 11.1 Å². The number of carbonyl (C=O) groups excluding carboxylic acids is 1. The standard InChI is InChI=1S/C24H26N4O2/c1-24(2,30)18-7-9-19(10-8-18)28-23(29)16-5-3-15(4-6-16)21-20-11-12-26-22(20)17(13-25)14-27-21/h3-6,11-12,14,18-19,26,30H,7-10H2,1-2H3,(H,28,29)/t18-,19-. The van der Waals surface area contributed by atoms with E-state index in [9.17, 15) is 15.2 Å². The number of benzene rings is 1. The number of nitriles is 1. The summed E-state index contributed by atoms with van der Waals surface area (Å²) in [5.41, 5.74) is 2.91. The number of rotatable bonds is 4. The average Bonchev–Trinajstić information content (AvgIpc) is 3.23. The molecular formula is C24H26N4O2. The molecule has 0 radical (unpaired) electrons. The molecule has 3 aromatic rings. The third-order valence-electron chi connectivity index (χ3n) is 6.20. The van der Waals surface area contributed by atoms with Gasteiger partial charge in [-0.3, -0.25) is 9.78 Å². The van der Waals surface area contributed by atoms with E-state index in [-0.39, 0.29) is 17.9 Å². The second-order valence-corrected chi connectivity index (χ2v) is 8.65. The Morgan fingerprint density at radius 2 is 1.90 bits per heavy atom. The highest BCUT2D eigenvalue weighted by Crippen LogP contribution is 2.33. The molecule has 1 amide bonds. The number of carbonyl (C=O) groups is 1. The van der Waals surface area contributed by atoms with Crippen molar-refractivity contribution in [3.8, 4) is 17.3 Å². The van der Waals surface area contributed by atoms with Gasteiger partial charge in [-0.05, 0) is 63.6 Å². The van der Waals surface area contributed by atoms with E-state index in [0.717, 1.165) is 47.8 Å². The summed E-state index contributed by atoms with van der Waals surface area (Å²) in [4.78, 5) is 20.2. The van der Waals surface area contributed by atoms with Gasteiger partial charge in [0.25, 0.3) is 5.91 Å². The summed E-state index contributed by atoms with van der Waals surface area (Å²) >= 11 is 0. The normalized spacial score (nSPS) is 19.4. The number of hydrogen-bond acceptors (Lipinski definition) is 4. The van der Waals surface area contributed by atoms with Crippen molar-refractivity contribution >= 4 is 16.8 Å². The van der Waals surface area contributed by atoms with Crippen LogP contribution < -0.4 is 5.32 Å². The average molecular weight is 402 g/mol. The first-order chi connectivity index (χ1) is 14.4. The molecule has 0 spiro atoms. The topological polar surface area (TPSA) is 102 Å². The molecule has 1 fully saturated rings. The zero-order chi connectivity index (χ0) is 21.3. The minimum atomic E-state index is -0.658. The highest BCUT2D eigenvalue weighted by Gasteiger charge is 2.31. The number of aliphatic hydroxyl groups is 1. The van der Waals surface area contributed by atoms with E-state index in [4.69, 9.17) is 0 Å². The molecule has 2 heterocycles. The smallest absolute Gasteiger partial charge is 0.251 e. The Bertz CT molecular complexity index is 1090. The molecule has 6 nitrogen and oxygen atoms in total. The SMILES string of the molecule is CC(C)(O)[C@H]1CC[C@H](NC(=O)c2ccc(-c3ncc(C#N)c4[nH]ccc34)cc2)CC1. The number of nitrogens with zero attached hydrogens (tertiary/aromatic N) is 2. The largest absolute Gasteiger partial charge is 0.390 e.